The average Bonchev–Trinajstić information content (AvgIpc) is 3.30. The van der Waals surface area contributed by atoms with Gasteiger partial charge in [0.05, 0.1) is 14.2 Å². The van der Waals surface area contributed by atoms with Crippen LogP contribution in [0.2, 0.25) is 0 Å². The van der Waals surface area contributed by atoms with Crippen molar-refractivity contribution in [2.24, 2.45) is 0 Å². The first kappa shape index (κ1) is 22.0. The molecule has 0 unspecified atom stereocenters. The number of piperazine rings is 1. The van der Waals surface area contributed by atoms with Crippen molar-refractivity contribution < 1.29 is 18.7 Å². The molecule has 1 saturated heterocycles. The molecule has 0 N–H and O–H groups in total. The number of hydrogen-bond acceptors (Lipinski definition) is 7. The minimum Gasteiger partial charge on any atom is -0.497 e. The summed E-state index contributed by atoms with van der Waals surface area (Å²) in [6.45, 7) is 2.09. The number of methoxy groups -OCH3 is 2. The Kier molecular flexibility index (Phi) is 6.60. The number of amides is 1. The van der Waals surface area contributed by atoms with Gasteiger partial charge in [-0.1, -0.05) is 24.3 Å². The van der Waals surface area contributed by atoms with Crippen LogP contribution in [0.25, 0.3) is 12.2 Å². The second-order valence-corrected chi connectivity index (χ2v) is 7.40. The fraction of sp³-hybridized carbons (Fsp3) is 0.240. The maximum atomic E-state index is 12.9. The fourth-order valence-electron chi connectivity index (χ4n) is 3.70. The summed E-state index contributed by atoms with van der Waals surface area (Å²) in [6, 6.07) is 16.8. The second kappa shape index (κ2) is 9.92. The lowest BCUT2D eigenvalue weighted by Crippen LogP contribution is -2.48. The van der Waals surface area contributed by atoms with E-state index in [2.05, 4.69) is 11.1 Å². The molecule has 1 aromatic heterocycles. The summed E-state index contributed by atoms with van der Waals surface area (Å²) in [6.07, 6.45) is 3.55. The van der Waals surface area contributed by atoms with Gasteiger partial charge in [-0.2, -0.15) is 10.2 Å². The molecule has 33 heavy (non-hydrogen) atoms. The highest BCUT2D eigenvalue weighted by atomic mass is 16.5. The highest BCUT2D eigenvalue weighted by Crippen LogP contribution is 2.26. The molecule has 1 amide bonds. The van der Waals surface area contributed by atoms with Gasteiger partial charge >= 0.3 is 0 Å². The van der Waals surface area contributed by atoms with E-state index in [0.717, 1.165) is 11.3 Å². The van der Waals surface area contributed by atoms with E-state index in [1.807, 2.05) is 41.3 Å². The van der Waals surface area contributed by atoms with Crippen LogP contribution >= 0.6 is 0 Å². The Bertz CT molecular complexity index is 1200. The van der Waals surface area contributed by atoms with Gasteiger partial charge in [0.15, 0.2) is 0 Å². The van der Waals surface area contributed by atoms with Gasteiger partial charge in [0, 0.05) is 43.4 Å². The lowest BCUT2D eigenvalue weighted by molar-refractivity contribution is 0.0745. The maximum Gasteiger partial charge on any atom is 0.254 e. The van der Waals surface area contributed by atoms with Crippen LogP contribution < -0.4 is 14.4 Å². The number of carbonyl (C=O) groups is 1. The van der Waals surface area contributed by atoms with E-state index < -0.39 is 0 Å². The molecule has 168 valence electrons. The number of aromatic nitrogens is 1. The molecule has 0 aliphatic carbocycles. The van der Waals surface area contributed by atoms with Crippen molar-refractivity contribution in [3.05, 3.63) is 71.2 Å². The predicted octanol–water partition coefficient (Wildman–Crippen LogP) is 3.70. The van der Waals surface area contributed by atoms with Gasteiger partial charge in [-0.05, 0) is 30.3 Å². The third-order valence-corrected chi connectivity index (χ3v) is 5.45. The Balaban J connectivity index is 1.45. The number of para-hydroxylation sites is 1. The Morgan fingerprint density at radius 1 is 1.06 bits per heavy atom. The van der Waals surface area contributed by atoms with E-state index in [9.17, 15) is 10.1 Å². The van der Waals surface area contributed by atoms with Gasteiger partial charge in [-0.15, -0.1) is 0 Å². The van der Waals surface area contributed by atoms with Crippen molar-refractivity contribution >= 4 is 23.9 Å². The minimum atomic E-state index is -0.0490. The van der Waals surface area contributed by atoms with Crippen molar-refractivity contribution in [1.82, 2.24) is 9.88 Å². The Morgan fingerprint density at radius 3 is 2.58 bits per heavy atom. The zero-order chi connectivity index (χ0) is 23.2. The molecule has 1 aliphatic rings. The number of oxazole rings is 1. The topological polar surface area (TPSA) is 91.8 Å². The molecule has 1 aliphatic heterocycles. The molecule has 0 atom stereocenters. The van der Waals surface area contributed by atoms with Crippen molar-refractivity contribution in [1.29, 1.82) is 5.26 Å². The lowest BCUT2D eigenvalue weighted by atomic mass is 10.1. The van der Waals surface area contributed by atoms with Crippen molar-refractivity contribution in [2.75, 3.05) is 45.3 Å². The predicted molar refractivity (Wildman–Crippen MR) is 124 cm³/mol. The van der Waals surface area contributed by atoms with Crippen LogP contribution in [0, 0.1) is 11.3 Å². The summed E-state index contributed by atoms with van der Waals surface area (Å²) in [7, 11) is 3.19. The third kappa shape index (κ3) is 4.83. The summed E-state index contributed by atoms with van der Waals surface area (Å²) in [5.74, 6) is 2.09. The summed E-state index contributed by atoms with van der Waals surface area (Å²) < 4.78 is 16.5. The summed E-state index contributed by atoms with van der Waals surface area (Å²) >= 11 is 0. The molecule has 2 heterocycles. The Labute approximate surface area is 192 Å². The van der Waals surface area contributed by atoms with Gasteiger partial charge in [-0.3, -0.25) is 4.79 Å². The van der Waals surface area contributed by atoms with Crippen LogP contribution in [0.5, 0.6) is 11.5 Å². The number of rotatable bonds is 6. The third-order valence-electron chi connectivity index (χ3n) is 5.45. The number of carbonyl (C=O) groups excluding carboxylic acids is 1. The molecule has 2 aromatic carbocycles. The van der Waals surface area contributed by atoms with Crippen LogP contribution in [0.1, 0.15) is 27.5 Å². The average molecular weight is 444 g/mol. The molecular weight excluding hydrogens is 420 g/mol. The van der Waals surface area contributed by atoms with E-state index in [-0.39, 0.29) is 11.6 Å². The fourth-order valence-corrected chi connectivity index (χ4v) is 3.70. The van der Waals surface area contributed by atoms with Crippen LogP contribution in [-0.2, 0) is 0 Å². The summed E-state index contributed by atoms with van der Waals surface area (Å²) in [4.78, 5) is 20.9. The molecule has 0 spiro atoms. The molecular formula is C25H24N4O4. The molecule has 0 bridgehead atoms. The van der Waals surface area contributed by atoms with E-state index >= 15 is 0 Å². The zero-order valence-electron chi connectivity index (χ0n) is 18.5. The first-order chi connectivity index (χ1) is 16.1. The van der Waals surface area contributed by atoms with Gasteiger partial charge in [-0.25, -0.2) is 0 Å². The number of nitrogens with zero attached hydrogens (tertiary/aromatic N) is 4. The maximum absolute atomic E-state index is 12.9. The molecule has 3 aromatic rings. The molecule has 1 fully saturated rings. The zero-order valence-corrected chi connectivity index (χ0v) is 18.5. The Hall–Kier alpha value is -4.25. The van der Waals surface area contributed by atoms with E-state index in [1.54, 1.807) is 43.4 Å². The van der Waals surface area contributed by atoms with Crippen molar-refractivity contribution in [2.45, 2.75) is 0 Å². The quantitative estimate of drug-likeness (QED) is 0.572. The largest absolute Gasteiger partial charge is 0.497 e. The van der Waals surface area contributed by atoms with Gasteiger partial charge in [0.2, 0.25) is 17.5 Å². The molecule has 0 saturated carbocycles. The highest BCUT2D eigenvalue weighted by molar-refractivity contribution is 5.94. The van der Waals surface area contributed by atoms with Gasteiger partial charge in [0.25, 0.3) is 5.91 Å². The monoisotopic (exact) mass is 444 g/mol. The van der Waals surface area contributed by atoms with Crippen LogP contribution in [0.3, 0.4) is 0 Å². The summed E-state index contributed by atoms with van der Waals surface area (Å²) in [5, 5.41) is 9.55. The standard InChI is InChI=1S/C25H24N4O4/c1-31-20-8-5-7-19(16-20)24(30)28-12-14-29(15-13-28)25-21(17-26)27-23(33-25)11-10-18-6-3-4-9-22(18)32-2/h3-11,16H,12-15H2,1-2H3. The van der Waals surface area contributed by atoms with E-state index in [4.69, 9.17) is 13.9 Å². The number of benzene rings is 2. The SMILES string of the molecule is COc1cccc(C(=O)N2CCN(c3oc(C=Cc4ccccc4OC)nc3C#N)CC2)c1. The van der Waals surface area contributed by atoms with Crippen LogP contribution in [-0.4, -0.2) is 56.2 Å². The van der Waals surface area contributed by atoms with E-state index in [1.165, 1.54) is 0 Å². The molecule has 8 heteroatoms. The second-order valence-electron chi connectivity index (χ2n) is 7.40. The normalized spacial score (nSPS) is 13.7. The first-order valence-corrected chi connectivity index (χ1v) is 10.5. The Morgan fingerprint density at radius 2 is 1.85 bits per heavy atom. The summed E-state index contributed by atoms with van der Waals surface area (Å²) in [5.41, 5.74) is 1.69. The highest BCUT2D eigenvalue weighted by Gasteiger charge is 2.26. The lowest BCUT2D eigenvalue weighted by Gasteiger charge is -2.34. The van der Waals surface area contributed by atoms with Crippen LogP contribution in [0.4, 0.5) is 5.88 Å². The van der Waals surface area contributed by atoms with Gasteiger partial charge < -0.3 is 23.7 Å². The minimum absolute atomic E-state index is 0.0490. The number of ether oxygens (including phenoxy) is 2. The molecule has 8 nitrogen and oxygen atoms in total. The molecule has 0 radical (unpaired) electrons. The van der Waals surface area contributed by atoms with Gasteiger partial charge in [0.1, 0.15) is 17.6 Å². The van der Waals surface area contributed by atoms with Crippen LogP contribution in [0.15, 0.2) is 52.9 Å². The number of anilines is 1. The first-order valence-electron chi connectivity index (χ1n) is 10.5. The molecule has 4 rings (SSSR count). The van der Waals surface area contributed by atoms with E-state index in [0.29, 0.717) is 49.3 Å². The van der Waals surface area contributed by atoms with Crippen molar-refractivity contribution in [3.63, 3.8) is 0 Å². The number of nitriles is 1. The smallest absolute Gasteiger partial charge is 0.254 e. The number of hydrogen-bond donors (Lipinski definition) is 0. The van der Waals surface area contributed by atoms with Crippen molar-refractivity contribution in [3.8, 4) is 17.6 Å².